The lowest BCUT2D eigenvalue weighted by Crippen LogP contribution is -2.35. The lowest BCUT2D eigenvalue weighted by molar-refractivity contribution is 0.187. The van der Waals surface area contributed by atoms with Crippen LogP contribution >= 0.6 is 0 Å². The molecule has 1 atom stereocenters. The Hall–Kier alpha value is -1.16. The van der Waals surface area contributed by atoms with Crippen LogP contribution in [0.2, 0.25) is 0 Å². The largest absolute Gasteiger partial charge is 0.497 e. The van der Waals surface area contributed by atoms with Gasteiger partial charge in [-0.3, -0.25) is 0 Å². The summed E-state index contributed by atoms with van der Waals surface area (Å²) in [6.45, 7) is 2.11. The third-order valence-corrected chi connectivity index (χ3v) is 4.78. The number of hydrogen-bond donors (Lipinski definition) is 1. The average Bonchev–Trinajstić information content (AvgIpc) is 2.92. The Bertz CT molecular complexity index is 447. The van der Waals surface area contributed by atoms with Crippen molar-refractivity contribution in [3.63, 3.8) is 0 Å². The topological polar surface area (TPSA) is 21.3 Å². The first-order valence-electron chi connectivity index (χ1n) is 7.28. The first-order valence-corrected chi connectivity index (χ1v) is 7.28. The van der Waals surface area contributed by atoms with Crippen molar-refractivity contribution in [2.24, 2.45) is 5.41 Å². The lowest BCUT2D eigenvalue weighted by atomic mass is 9.73. The second kappa shape index (κ2) is 6.08. The zero-order chi connectivity index (χ0) is 14.8. The normalized spacial score (nSPS) is 19.1. The van der Waals surface area contributed by atoms with E-state index in [4.69, 9.17) is 4.74 Å². The van der Waals surface area contributed by atoms with Gasteiger partial charge in [0.25, 0.3) is 0 Å². The zero-order valence-electron chi connectivity index (χ0n) is 12.4. The molecule has 2 nitrogen and oxygen atoms in total. The molecule has 0 radical (unpaired) electrons. The highest BCUT2D eigenvalue weighted by Gasteiger charge is 2.42. The van der Waals surface area contributed by atoms with Gasteiger partial charge in [0.1, 0.15) is 17.4 Å². The van der Waals surface area contributed by atoms with Crippen molar-refractivity contribution < 1.29 is 13.5 Å². The summed E-state index contributed by atoms with van der Waals surface area (Å²) in [5.41, 5.74) is 0.0995. The predicted molar refractivity (Wildman–Crippen MR) is 75.9 cm³/mol. The van der Waals surface area contributed by atoms with Gasteiger partial charge in [-0.05, 0) is 31.7 Å². The minimum Gasteiger partial charge on any atom is -0.497 e. The van der Waals surface area contributed by atoms with Crippen molar-refractivity contribution in [3.05, 3.63) is 29.3 Å². The Morgan fingerprint density at radius 1 is 1.25 bits per heavy atom. The molecule has 1 saturated carbocycles. The fourth-order valence-corrected chi connectivity index (χ4v) is 3.64. The van der Waals surface area contributed by atoms with Crippen LogP contribution in [0.25, 0.3) is 0 Å². The van der Waals surface area contributed by atoms with Crippen LogP contribution in [0.5, 0.6) is 5.75 Å². The van der Waals surface area contributed by atoms with E-state index in [1.807, 2.05) is 0 Å². The van der Waals surface area contributed by atoms with Crippen LogP contribution in [0.3, 0.4) is 0 Å². The van der Waals surface area contributed by atoms with Crippen LogP contribution in [0.15, 0.2) is 12.1 Å². The summed E-state index contributed by atoms with van der Waals surface area (Å²) in [6, 6.07) is 2.24. The fourth-order valence-electron chi connectivity index (χ4n) is 3.64. The monoisotopic (exact) mass is 283 g/mol. The van der Waals surface area contributed by atoms with E-state index in [1.54, 1.807) is 7.05 Å². The molecule has 0 heterocycles. The summed E-state index contributed by atoms with van der Waals surface area (Å²) in [5.74, 6) is -0.836. The molecule has 4 heteroatoms. The molecule has 0 amide bonds. The summed E-state index contributed by atoms with van der Waals surface area (Å²) in [6.07, 6.45) is 5.21. The maximum Gasteiger partial charge on any atom is 0.134 e. The van der Waals surface area contributed by atoms with Gasteiger partial charge in [-0.2, -0.15) is 0 Å². The van der Waals surface area contributed by atoms with Gasteiger partial charge in [0.05, 0.1) is 7.11 Å². The molecular weight excluding hydrogens is 260 g/mol. The lowest BCUT2D eigenvalue weighted by Gasteiger charge is -2.37. The summed E-state index contributed by atoms with van der Waals surface area (Å²) < 4.78 is 33.6. The van der Waals surface area contributed by atoms with E-state index in [1.165, 1.54) is 19.2 Å². The molecule has 20 heavy (non-hydrogen) atoms. The predicted octanol–water partition coefficient (Wildman–Crippen LogP) is 4.20. The quantitative estimate of drug-likeness (QED) is 0.874. The Balaban J connectivity index is 2.46. The minimum absolute atomic E-state index is 0.0506. The van der Waals surface area contributed by atoms with E-state index >= 15 is 0 Å². The second-order valence-corrected chi connectivity index (χ2v) is 5.65. The molecular formula is C16H23F2NO. The van der Waals surface area contributed by atoms with Crippen molar-refractivity contribution in [1.82, 2.24) is 5.32 Å². The minimum atomic E-state index is -0.527. The van der Waals surface area contributed by atoms with Gasteiger partial charge in [-0.15, -0.1) is 0 Å². The number of nitrogens with one attached hydrogen (secondary N) is 1. The van der Waals surface area contributed by atoms with Gasteiger partial charge in [0.15, 0.2) is 0 Å². The molecule has 0 spiro atoms. The molecule has 0 bridgehead atoms. The number of hydrogen-bond acceptors (Lipinski definition) is 2. The fraction of sp³-hybridized carbons (Fsp3) is 0.625. The standard InChI is InChI=1S/C16H23F2NO/c1-4-16(7-5-6-8-16)15(19-2)14-12(17)9-11(20-3)10-13(14)18/h9-10,15,19H,4-8H2,1-3H3. The Morgan fingerprint density at radius 3 is 2.20 bits per heavy atom. The molecule has 0 aromatic heterocycles. The van der Waals surface area contributed by atoms with E-state index in [0.29, 0.717) is 0 Å². The molecule has 1 N–H and O–H groups in total. The number of benzene rings is 1. The van der Waals surface area contributed by atoms with Crippen LogP contribution in [0, 0.1) is 17.0 Å². The number of halogens is 2. The Morgan fingerprint density at radius 2 is 1.80 bits per heavy atom. The van der Waals surface area contributed by atoms with Gasteiger partial charge in [-0.25, -0.2) is 8.78 Å². The number of methoxy groups -OCH3 is 1. The third kappa shape index (κ3) is 2.53. The van der Waals surface area contributed by atoms with Crippen LogP contribution in [0.1, 0.15) is 50.6 Å². The number of ether oxygens (including phenoxy) is 1. The molecule has 1 aromatic carbocycles. The smallest absolute Gasteiger partial charge is 0.134 e. The van der Waals surface area contributed by atoms with Crippen LogP contribution < -0.4 is 10.1 Å². The highest BCUT2D eigenvalue weighted by atomic mass is 19.1. The molecule has 1 aliphatic rings. The van der Waals surface area contributed by atoms with E-state index < -0.39 is 11.6 Å². The van der Waals surface area contributed by atoms with E-state index in [9.17, 15) is 8.78 Å². The van der Waals surface area contributed by atoms with Gasteiger partial charge in [-0.1, -0.05) is 19.8 Å². The van der Waals surface area contributed by atoms with E-state index in [2.05, 4.69) is 12.2 Å². The van der Waals surface area contributed by atoms with Crippen LogP contribution in [0.4, 0.5) is 8.78 Å². The average molecular weight is 283 g/mol. The van der Waals surface area contributed by atoms with E-state index in [0.717, 1.165) is 32.1 Å². The molecule has 0 aliphatic heterocycles. The van der Waals surface area contributed by atoms with Gasteiger partial charge in [0, 0.05) is 23.7 Å². The maximum absolute atomic E-state index is 14.3. The zero-order valence-corrected chi connectivity index (χ0v) is 12.4. The second-order valence-electron chi connectivity index (χ2n) is 5.65. The molecule has 1 fully saturated rings. The highest BCUT2D eigenvalue weighted by molar-refractivity contribution is 5.33. The molecule has 1 aliphatic carbocycles. The van der Waals surface area contributed by atoms with Gasteiger partial charge < -0.3 is 10.1 Å². The summed E-state index contributed by atoms with van der Waals surface area (Å²) in [4.78, 5) is 0. The molecule has 1 aromatic rings. The van der Waals surface area contributed by atoms with Gasteiger partial charge >= 0.3 is 0 Å². The van der Waals surface area contributed by atoms with Crippen molar-refractivity contribution >= 4 is 0 Å². The highest BCUT2D eigenvalue weighted by Crippen LogP contribution is 2.50. The first kappa shape index (κ1) is 15.2. The molecule has 1 unspecified atom stereocenters. The third-order valence-electron chi connectivity index (χ3n) is 4.78. The van der Waals surface area contributed by atoms with Crippen molar-refractivity contribution in [2.75, 3.05) is 14.2 Å². The summed E-state index contributed by atoms with van der Waals surface area (Å²) in [7, 11) is 3.19. The van der Waals surface area contributed by atoms with Crippen LogP contribution in [-0.4, -0.2) is 14.2 Å². The van der Waals surface area contributed by atoms with Crippen LogP contribution in [-0.2, 0) is 0 Å². The Labute approximate surface area is 119 Å². The van der Waals surface area contributed by atoms with Crippen molar-refractivity contribution in [3.8, 4) is 5.75 Å². The molecule has 112 valence electrons. The molecule has 0 saturated heterocycles. The summed E-state index contributed by atoms with van der Waals surface area (Å²) >= 11 is 0. The van der Waals surface area contributed by atoms with Gasteiger partial charge in [0.2, 0.25) is 0 Å². The first-order chi connectivity index (χ1) is 9.57. The van der Waals surface area contributed by atoms with E-state index in [-0.39, 0.29) is 22.8 Å². The Kier molecular flexibility index (Phi) is 4.63. The van der Waals surface area contributed by atoms with Crippen molar-refractivity contribution in [2.45, 2.75) is 45.1 Å². The number of rotatable bonds is 5. The summed E-state index contributed by atoms with van der Waals surface area (Å²) in [5, 5.41) is 3.15. The van der Waals surface area contributed by atoms with Crippen molar-refractivity contribution in [1.29, 1.82) is 0 Å². The molecule has 2 rings (SSSR count). The maximum atomic E-state index is 14.3. The SMILES string of the molecule is CCC1(C(NC)c2c(F)cc(OC)cc2F)CCCC1.